The number of fused-ring (bicyclic) bond motifs is 1. The third kappa shape index (κ3) is 3.93. The second-order valence-electron chi connectivity index (χ2n) is 7.61. The molecule has 0 N–H and O–H groups in total. The van der Waals surface area contributed by atoms with Crippen molar-refractivity contribution in [2.75, 3.05) is 42.6 Å². The Kier molecular flexibility index (Phi) is 5.09. The number of benzene rings is 1. The number of halogens is 1. The predicted octanol–water partition coefficient (Wildman–Crippen LogP) is 3.43. The molecule has 6 nitrogen and oxygen atoms in total. The molecule has 4 heterocycles. The Morgan fingerprint density at radius 1 is 1.07 bits per heavy atom. The molecule has 0 amide bonds. The minimum Gasteiger partial charge on any atom is -0.353 e. The van der Waals surface area contributed by atoms with Crippen LogP contribution < -0.4 is 4.90 Å². The van der Waals surface area contributed by atoms with Crippen molar-refractivity contribution in [3.63, 3.8) is 0 Å². The van der Waals surface area contributed by atoms with Crippen molar-refractivity contribution in [3.8, 4) is 10.4 Å². The van der Waals surface area contributed by atoms with E-state index in [1.54, 1.807) is 17.7 Å². The van der Waals surface area contributed by atoms with Crippen LogP contribution in [0.3, 0.4) is 0 Å². The molecule has 0 radical (unpaired) electrons. The van der Waals surface area contributed by atoms with E-state index in [0.717, 1.165) is 53.1 Å². The van der Waals surface area contributed by atoms with Crippen LogP contribution in [0, 0.1) is 0 Å². The van der Waals surface area contributed by atoms with Crippen LogP contribution in [0.4, 0.5) is 5.82 Å². The van der Waals surface area contributed by atoms with Gasteiger partial charge >= 0.3 is 0 Å². The maximum Gasteiger partial charge on any atom is 0.151 e. The number of nitrogens with zero attached hydrogens (tertiary/aromatic N) is 4. The van der Waals surface area contributed by atoms with Gasteiger partial charge < -0.3 is 4.90 Å². The number of piperazine rings is 1. The number of anilines is 1. The molecule has 2 aliphatic rings. The summed E-state index contributed by atoms with van der Waals surface area (Å²) in [6, 6.07) is 10.6. The first kappa shape index (κ1) is 19.4. The van der Waals surface area contributed by atoms with Crippen molar-refractivity contribution in [3.05, 3.63) is 41.1 Å². The summed E-state index contributed by atoms with van der Waals surface area (Å²) < 4.78 is 25.8. The highest BCUT2D eigenvalue weighted by Gasteiger charge is 2.34. The van der Waals surface area contributed by atoms with Gasteiger partial charge in [0, 0.05) is 41.6 Å². The van der Waals surface area contributed by atoms with Gasteiger partial charge in [0.15, 0.2) is 9.84 Å². The van der Waals surface area contributed by atoms with E-state index in [4.69, 9.17) is 0 Å². The third-order valence-corrected chi connectivity index (χ3v) is 9.21. The Morgan fingerprint density at radius 2 is 1.83 bits per heavy atom. The van der Waals surface area contributed by atoms with Gasteiger partial charge in [0.25, 0.3) is 0 Å². The minimum absolute atomic E-state index is 0.179. The average Bonchev–Trinajstić information content (AvgIpc) is 3.31. The van der Waals surface area contributed by atoms with Crippen molar-refractivity contribution in [2.24, 2.45) is 0 Å². The second kappa shape index (κ2) is 7.61. The summed E-state index contributed by atoms with van der Waals surface area (Å²) in [5.41, 5.74) is 2.15. The number of thiophene rings is 1. The Hall–Kier alpha value is -1.55. The normalized spacial score (nSPS) is 22.4. The van der Waals surface area contributed by atoms with E-state index < -0.39 is 9.84 Å². The summed E-state index contributed by atoms with van der Waals surface area (Å²) >= 11 is 5.22. The summed E-state index contributed by atoms with van der Waals surface area (Å²) in [4.78, 5) is 14.9. The average molecular weight is 493 g/mol. The first-order valence-corrected chi connectivity index (χ1v) is 13.1. The Labute approximate surface area is 182 Å². The van der Waals surface area contributed by atoms with Gasteiger partial charge in [-0.05, 0) is 30.2 Å². The maximum absolute atomic E-state index is 11.8. The van der Waals surface area contributed by atoms with Crippen LogP contribution in [-0.4, -0.2) is 67.0 Å². The summed E-state index contributed by atoms with van der Waals surface area (Å²) in [6.45, 7) is 3.45. The molecule has 0 unspecified atom stereocenters. The van der Waals surface area contributed by atoms with Crippen LogP contribution in [-0.2, 0) is 9.84 Å². The van der Waals surface area contributed by atoms with Crippen molar-refractivity contribution in [1.29, 1.82) is 0 Å². The molecule has 0 aliphatic carbocycles. The van der Waals surface area contributed by atoms with Crippen LogP contribution in [0.15, 0.2) is 41.1 Å². The monoisotopic (exact) mass is 492 g/mol. The molecule has 5 rings (SSSR count). The lowest BCUT2D eigenvalue weighted by atomic mass is 10.2. The van der Waals surface area contributed by atoms with Crippen LogP contribution in [0.2, 0.25) is 0 Å². The number of sulfone groups is 1. The lowest BCUT2D eigenvalue weighted by molar-refractivity contribution is 0.200. The fourth-order valence-electron chi connectivity index (χ4n) is 4.19. The van der Waals surface area contributed by atoms with Crippen LogP contribution in [0.1, 0.15) is 6.42 Å². The van der Waals surface area contributed by atoms with Crippen LogP contribution in [0.25, 0.3) is 20.7 Å². The zero-order chi connectivity index (χ0) is 20.0. The third-order valence-electron chi connectivity index (χ3n) is 5.76. The first-order valence-electron chi connectivity index (χ1n) is 9.68. The van der Waals surface area contributed by atoms with E-state index in [0.29, 0.717) is 11.5 Å². The van der Waals surface area contributed by atoms with E-state index in [2.05, 4.69) is 66.0 Å². The fourth-order valence-corrected chi connectivity index (χ4v) is 7.35. The van der Waals surface area contributed by atoms with Gasteiger partial charge in [-0.25, -0.2) is 18.4 Å². The molecule has 29 heavy (non-hydrogen) atoms. The SMILES string of the molecule is O=S1(=O)CC[C@@H](N2CCN(c3ncnc4cc(-c5ccc(Br)cc5)sc34)CC2)C1. The van der Waals surface area contributed by atoms with Gasteiger partial charge in [0.1, 0.15) is 12.1 Å². The molecule has 3 aromatic rings. The highest BCUT2D eigenvalue weighted by atomic mass is 79.9. The van der Waals surface area contributed by atoms with Crippen molar-refractivity contribution < 1.29 is 8.42 Å². The highest BCUT2D eigenvalue weighted by Crippen LogP contribution is 2.37. The number of rotatable bonds is 3. The van der Waals surface area contributed by atoms with Gasteiger partial charge in [-0.1, -0.05) is 28.1 Å². The smallest absolute Gasteiger partial charge is 0.151 e. The molecular formula is C20H21BrN4O2S2. The summed E-state index contributed by atoms with van der Waals surface area (Å²) in [5.74, 6) is 1.63. The molecule has 0 saturated carbocycles. The van der Waals surface area contributed by atoms with E-state index in [1.165, 1.54) is 10.4 Å². The maximum atomic E-state index is 11.8. The largest absolute Gasteiger partial charge is 0.353 e. The second-order valence-corrected chi connectivity index (χ2v) is 11.8. The van der Waals surface area contributed by atoms with Crippen molar-refractivity contribution >= 4 is 53.1 Å². The number of hydrogen-bond donors (Lipinski definition) is 0. The predicted molar refractivity (Wildman–Crippen MR) is 121 cm³/mol. The lowest BCUT2D eigenvalue weighted by Crippen LogP contribution is -2.51. The molecule has 1 atom stereocenters. The van der Waals surface area contributed by atoms with E-state index >= 15 is 0 Å². The molecule has 9 heteroatoms. The summed E-state index contributed by atoms with van der Waals surface area (Å²) in [7, 11) is -2.84. The zero-order valence-electron chi connectivity index (χ0n) is 15.8. The van der Waals surface area contributed by atoms with Crippen LogP contribution >= 0.6 is 27.3 Å². The quantitative estimate of drug-likeness (QED) is 0.557. The Bertz CT molecular complexity index is 1140. The van der Waals surface area contributed by atoms with E-state index in [1.807, 2.05) is 0 Å². The zero-order valence-corrected chi connectivity index (χ0v) is 19.0. The molecule has 2 aromatic heterocycles. The summed E-state index contributed by atoms with van der Waals surface area (Å²) in [6.07, 6.45) is 2.41. The topological polar surface area (TPSA) is 66.4 Å². The Morgan fingerprint density at radius 3 is 2.52 bits per heavy atom. The van der Waals surface area contributed by atoms with Gasteiger partial charge in [0.05, 0.1) is 21.7 Å². The molecule has 2 fully saturated rings. The fraction of sp³-hybridized carbons (Fsp3) is 0.400. The van der Waals surface area contributed by atoms with Crippen molar-refractivity contribution in [1.82, 2.24) is 14.9 Å². The molecule has 2 saturated heterocycles. The van der Waals surface area contributed by atoms with Crippen molar-refractivity contribution in [2.45, 2.75) is 12.5 Å². The standard InChI is InChI=1S/C20H21BrN4O2S2/c21-15-3-1-14(2-4-15)18-11-17-19(28-18)20(23-13-22-17)25-8-6-24(7-9-25)16-5-10-29(26,27)12-16/h1-4,11,13,16H,5-10,12H2/t16-/m1/s1. The van der Waals surface area contributed by atoms with Gasteiger partial charge in [0.2, 0.25) is 0 Å². The van der Waals surface area contributed by atoms with E-state index in [-0.39, 0.29) is 6.04 Å². The molecule has 2 aliphatic heterocycles. The minimum atomic E-state index is -2.84. The number of hydrogen-bond acceptors (Lipinski definition) is 7. The lowest BCUT2D eigenvalue weighted by Gasteiger charge is -2.38. The first-order chi connectivity index (χ1) is 14.0. The molecule has 1 aromatic carbocycles. The molecular weight excluding hydrogens is 472 g/mol. The molecule has 152 valence electrons. The van der Waals surface area contributed by atoms with E-state index in [9.17, 15) is 8.42 Å². The van der Waals surface area contributed by atoms with Crippen LogP contribution in [0.5, 0.6) is 0 Å². The Balaban J connectivity index is 1.36. The molecule has 0 bridgehead atoms. The highest BCUT2D eigenvalue weighted by molar-refractivity contribution is 9.10. The molecule has 0 spiro atoms. The van der Waals surface area contributed by atoms with Gasteiger partial charge in [-0.3, -0.25) is 4.90 Å². The number of aromatic nitrogens is 2. The summed E-state index contributed by atoms with van der Waals surface area (Å²) in [5, 5.41) is 0. The van der Waals surface area contributed by atoms with Gasteiger partial charge in [-0.15, -0.1) is 11.3 Å². The van der Waals surface area contributed by atoms with Gasteiger partial charge in [-0.2, -0.15) is 0 Å².